The van der Waals surface area contributed by atoms with E-state index in [4.69, 9.17) is 5.84 Å². The van der Waals surface area contributed by atoms with Gasteiger partial charge in [0.1, 0.15) is 0 Å². The summed E-state index contributed by atoms with van der Waals surface area (Å²) in [6.07, 6.45) is 0. The van der Waals surface area contributed by atoms with E-state index in [0.29, 0.717) is 27.7 Å². The van der Waals surface area contributed by atoms with Crippen LogP contribution in [0.2, 0.25) is 0 Å². The number of nitrogens with two attached hydrogens (primary N) is 1. The van der Waals surface area contributed by atoms with Gasteiger partial charge in [0.15, 0.2) is 0 Å². The Morgan fingerprint density at radius 2 is 1.68 bits per heavy atom. The van der Waals surface area contributed by atoms with Gasteiger partial charge in [0.2, 0.25) is 0 Å². The SMILES string of the molecule is Cc1c(C(=O)N(N)c2ccccc2)c2ccccc2[nH]c1=O. The van der Waals surface area contributed by atoms with Gasteiger partial charge in [-0.25, -0.2) is 10.9 Å². The highest BCUT2D eigenvalue weighted by Gasteiger charge is 2.21. The second-order valence-corrected chi connectivity index (χ2v) is 5.01. The molecule has 2 aromatic carbocycles. The third-order valence-corrected chi connectivity index (χ3v) is 3.63. The van der Waals surface area contributed by atoms with Gasteiger partial charge in [-0.1, -0.05) is 36.4 Å². The smallest absolute Gasteiger partial charge is 0.273 e. The van der Waals surface area contributed by atoms with E-state index in [-0.39, 0.29) is 5.56 Å². The van der Waals surface area contributed by atoms with Crippen LogP contribution in [0.5, 0.6) is 0 Å². The Morgan fingerprint density at radius 1 is 1.05 bits per heavy atom. The molecule has 0 saturated heterocycles. The first-order valence-corrected chi connectivity index (χ1v) is 6.85. The van der Waals surface area contributed by atoms with Gasteiger partial charge in [-0.15, -0.1) is 0 Å². The van der Waals surface area contributed by atoms with Crippen molar-refractivity contribution in [2.45, 2.75) is 6.92 Å². The van der Waals surface area contributed by atoms with Crippen LogP contribution in [0.4, 0.5) is 5.69 Å². The number of amides is 1. The average Bonchev–Trinajstić information content (AvgIpc) is 2.55. The van der Waals surface area contributed by atoms with Gasteiger partial charge >= 0.3 is 0 Å². The summed E-state index contributed by atoms with van der Waals surface area (Å²) in [7, 11) is 0. The molecule has 0 saturated carbocycles. The molecule has 0 aliphatic heterocycles. The summed E-state index contributed by atoms with van der Waals surface area (Å²) in [5, 5.41) is 1.74. The Kier molecular flexibility index (Phi) is 3.48. The van der Waals surface area contributed by atoms with Gasteiger partial charge < -0.3 is 4.98 Å². The Hall–Kier alpha value is -2.92. The standard InChI is InChI=1S/C17H15N3O2/c1-11-15(13-9-5-6-10-14(13)19-16(11)21)17(22)20(18)12-7-3-2-4-8-12/h2-10H,18H2,1H3,(H,19,21). The molecule has 22 heavy (non-hydrogen) atoms. The fourth-order valence-electron chi connectivity index (χ4n) is 2.44. The first-order valence-electron chi connectivity index (χ1n) is 6.85. The number of hydrogen-bond acceptors (Lipinski definition) is 3. The molecule has 0 unspecified atom stereocenters. The number of nitrogens with zero attached hydrogens (tertiary/aromatic N) is 1. The molecule has 0 spiro atoms. The fraction of sp³-hybridized carbons (Fsp3) is 0.0588. The van der Waals surface area contributed by atoms with Crippen LogP contribution in [-0.2, 0) is 0 Å². The number of nitrogens with one attached hydrogen (secondary N) is 1. The molecule has 110 valence electrons. The summed E-state index contributed by atoms with van der Waals surface area (Å²) in [4.78, 5) is 27.6. The van der Waals surface area contributed by atoms with E-state index in [1.54, 1.807) is 49.4 Å². The minimum atomic E-state index is -0.411. The molecule has 3 N–H and O–H groups in total. The number of H-pyrrole nitrogens is 1. The number of pyridine rings is 1. The van der Waals surface area contributed by atoms with Crippen molar-refractivity contribution in [3.8, 4) is 0 Å². The summed E-state index contributed by atoms with van der Waals surface area (Å²) in [6, 6.07) is 16.1. The molecule has 3 aromatic rings. The highest BCUT2D eigenvalue weighted by Crippen LogP contribution is 2.21. The minimum Gasteiger partial charge on any atom is -0.322 e. The maximum atomic E-state index is 12.8. The zero-order chi connectivity index (χ0) is 15.7. The van der Waals surface area contributed by atoms with E-state index in [2.05, 4.69) is 4.98 Å². The number of rotatable bonds is 2. The van der Waals surface area contributed by atoms with Crippen LogP contribution in [0.1, 0.15) is 15.9 Å². The second-order valence-electron chi connectivity index (χ2n) is 5.01. The maximum absolute atomic E-state index is 12.8. The average molecular weight is 293 g/mol. The third kappa shape index (κ3) is 2.27. The highest BCUT2D eigenvalue weighted by atomic mass is 16.2. The molecule has 5 nitrogen and oxygen atoms in total. The summed E-state index contributed by atoms with van der Waals surface area (Å²) < 4.78 is 0. The predicted molar refractivity (Wildman–Crippen MR) is 86.7 cm³/mol. The quantitative estimate of drug-likeness (QED) is 0.432. The highest BCUT2D eigenvalue weighted by molar-refractivity contribution is 6.13. The minimum absolute atomic E-state index is 0.288. The van der Waals surface area contributed by atoms with E-state index >= 15 is 0 Å². The van der Waals surface area contributed by atoms with E-state index in [0.717, 1.165) is 5.01 Å². The molecular weight excluding hydrogens is 278 g/mol. The predicted octanol–water partition coefficient (Wildman–Crippen LogP) is 2.36. The van der Waals surface area contributed by atoms with Crippen molar-refractivity contribution < 1.29 is 4.79 Å². The molecule has 0 radical (unpaired) electrons. The van der Waals surface area contributed by atoms with Crippen molar-refractivity contribution in [1.82, 2.24) is 4.98 Å². The molecule has 1 heterocycles. The molecule has 0 aliphatic rings. The third-order valence-electron chi connectivity index (χ3n) is 3.63. The summed E-state index contributed by atoms with van der Waals surface area (Å²) >= 11 is 0. The maximum Gasteiger partial charge on any atom is 0.273 e. The number of anilines is 1. The first kappa shape index (κ1) is 14.0. The number of aromatic amines is 1. The number of aromatic nitrogens is 1. The van der Waals surface area contributed by atoms with Gasteiger partial charge in [0.25, 0.3) is 11.5 Å². The molecule has 1 aromatic heterocycles. The zero-order valence-corrected chi connectivity index (χ0v) is 12.0. The number of hydrazine groups is 1. The molecule has 0 aliphatic carbocycles. The van der Waals surface area contributed by atoms with Crippen molar-refractivity contribution in [2.75, 3.05) is 5.01 Å². The van der Waals surface area contributed by atoms with Crippen molar-refractivity contribution in [1.29, 1.82) is 0 Å². The lowest BCUT2D eigenvalue weighted by Crippen LogP contribution is -2.38. The number of para-hydroxylation sites is 2. The van der Waals surface area contributed by atoms with Crippen molar-refractivity contribution in [2.24, 2.45) is 5.84 Å². The summed E-state index contributed by atoms with van der Waals surface area (Å²) in [6.45, 7) is 1.62. The Balaban J connectivity index is 2.19. The Morgan fingerprint density at radius 3 is 2.41 bits per heavy atom. The van der Waals surface area contributed by atoms with Crippen LogP contribution in [0.3, 0.4) is 0 Å². The molecule has 0 atom stereocenters. The lowest BCUT2D eigenvalue weighted by molar-refractivity contribution is 0.0987. The lowest BCUT2D eigenvalue weighted by Gasteiger charge is -2.18. The van der Waals surface area contributed by atoms with Crippen LogP contribution < -0.4 is 16.4 Å². The van der Waals surface area contributed by atoms with Crippen LogP contribution in [-0.4, -0.2) is 10.9 Å². The van der Waals surface area contributed by atoms with Crippen molar-refractivity contribution >= 4 is 22.5 Å². The van der Waals surface area contributed by atoms with Crippen LogP contribution >= 0.6 is 0 Å². The molecular formula is C17H15N3O2. The zero-order valence-electron chi connectivity index (χ0n) is 12.0. The summed E-state index contributed by atoms with van der Waals surface area (Å²) in [5.41, 5.74) is 1.57. The molecule has 3 rings (SSSR count). The van der Waals surface area contributed by atoms with Gasteiger partial charge in [0, 0.05) is 16.5 Å². The number of carbonyl (C=O) groups is 1. The van der Waals surface area contributed by atoms with Gasteiger partial charge in [-0.3, -0.25) is 9.59 Å². The van der Waals surface area contributed by atoms with Crippen molar-refractivity contribution in [3.63, 3.8) is 0 Å². The molecule has 1 amide bonds. The molecule has 0 fully saturated rings. The van der Waals surface area contributed by atoms with Crippen LogP contribution in [0.25, 0.3) is 10.9 Å². The normalized spacial score (nSPS) is 10.6. The van der Waals surface area contributed by atoms with Crippen LogP contribution in [0.15, 0.2) is 59.4 Å². The largest absolute Gasteiger partial charge is 0.322 e. The van der Waals surface area contributed by atoms with E-state index < -0.39 is 5.91 Å². The van der Waals surface area contributed by atoms with Crippen molar-refractivity contribution in [3.05, 3.63) is 76.1 Å². The van der Waals surface area contributed by atoms with Gasteiger partial charge in [-0.2, -0.15) is 0 Å². The summed E-state index contributed by atoms with van der Waals surface area (Å²) in [5.74, 6) is 5.54. The second kappa shape index (κ2) is 5.46. The molecule has 5 heteroatoms. The number of carbonyl (C=O) groups excluding carboxylic acids is 1. The Bertz CT molecular complexity index is 901. The monoisotopic (exact) mass is 293 g/mol. The van der Waals surface area contributed by atoms with Gasteiger partial charge in [0.05, 0.1) is 11.3 Å². The van der Waals surface area contributed by atoms with E-state index in [9.17, 15) is 9.59 Å². The van der Waals surface area contributed by atoms with Crippen LogP contribution in [0, 0.1) is 6.92 Å². The van der Waals surface area contributed by atoms with Gasteiger partial charge in [-0.05, 0) is 25.1 Å². The fourth-order valence-corrected chi connectivity index (χ4v) is 2.44. The first-order chi connectivity index (χ1) is 10.6. The van der Waals surface area contributed by atoms with E-state index in [1.807, 2.05) is 12.1 Å². The molecule has 0 bridgehead atoms. The Labute approximate surface area is 127 Å². The van der Waals surface area contributed by atoms with E-state index in [1.165, 1.54) is 0 Å². The topological polar surface area (TPSA) is 79.2 Å². The number of hydrogen-bond donors (Lipinski definition) is 2. The lowest BCUT2D eigenvalue weighted by atomic mass is 10.0. The number of benzene rings is 2. The number of fused-ring (bicyclic) bond motifs is 1.